The van der Waals surface area contributed by atoms with Gasteiger partial charge in [0.25, 0.3) is 11.8 Å². The van der Waals surface area contributed by atoms with Crippen LogP contribution in [0.4, 0.5) is 0 Å². The molecule has 2 N–H and O–H groups in total. The van der Waals surface area contributed by atoms with Crippen molar-refractivity contribution in [1.29, 1.82) is 0 Å². The molecule has 0 saturated carbocycles. The molecule has 8 nitrogen and oxygen atoms in total. The van der Waals surface area contributed by atoms with Crippen molar-refractivity contribution >= 4 is 11.9 Å². The van der Waals surface area contributed by atoms with Gasteiger partial charge in [-0.15, -0.1) is 0 Å². The number of aromatic nitrogens is 2. The van der Waals surface area contributed by atoms with Crippen LogP contribution in [-0.2, 0) is 16.6 Å². The summed E-state index contributed by atoms with van der Waals surface area (Å²) in [5.41, 5.74) is 5.58. The summed E-state index contributed by atoms with van der Waals surface area (Å²) in [5.74, 6) is 0.106. The summed E-state index contributed by atoms with van der Waals surface area (Å²) < 4.78 is 11.3. The Labute approximate surface area is 318 Å². The first-order valence-electron chi connectivity index (χ1n) is 19.1. The number of carboxylic acids is 1. The summed E-state index contributed by atoms with van der Waals surface area (Å²) in [6.45, 7) is 24.1. The zero-order chi connectivity index (χ0) is 39.6. The molecule has 0 spiro atoms. The van der Waals surface area contributed by atoms with E-state index in [9.17, 15) is 14.7 Å². The fourth-order valence-electron chi connectivity index (χ4n) is 5.07. The van der Waals surface area contributed by atoms with Crippen molar-refractivity contribution < 1.29 is 24.0 Å². The van der Waals surface area contributed by atoms with Crippen molar-refractivity contribution in [2.75, 3.05) is 6.61 Å². The van der Waals surface area contributed by atoms with Gasteiger partial charge in [0.05, 0.1) is 6.61 Å². The Morgan fingerprint density at radius 1 is 0.849 bits per heavy atom. The van der Waals surface area contributed by atoms with Crippen LogP contribution in [0.1, 0.15) is 130 Å². The first-order valence-corrected chi connectivity index (χ1v) is 19.1. The molecule has 4 rings (SSSR count). The lowest BCUT2D eigenvalue weighted by atomic mass is 9.86. The molecule has 0 aliphatic carbocycles. The number of carbonyl (C=O) groups excluding carboxylic acids is 1. The van der Waals surface area contributed by atoms with Crippen molar-refractivity contribution in [2.45, 2.75) is 126 Å². The molecule has 1 unspecified atom stereocenters. The van der Waals surface area contributed by atoms with E-state index >= 15 is 0 Å². The van der Waals surface area contributed by atoms with Gasteiger partial charge in [0.2, 0.25) is 5.82 Å². The van der Waals surface area contributed by atoms with E-state index in [2.05, 4.69) is 83.8 Å². The average molecular weight is 726 g/mol. The number of hydrogen-bond acceptors (Lipinski definition) is 6. The molecule has 4 aromatic rings. The zero-order valence-corrected chi connectivity index (χ0v) is 34.0. The Kier molecular flexibility index (Phi) is 18.2. The van der Waals surface area contributed by atoms with Gasteiger partial charge in [0.15, 0.2) is 0 Å². The highest BCUT2D eigenvalue weighted by Gasteiger charge is 2.22. The van der Waals surface area contributed by atoms with Crippen LogP contribution in [0.3, 0.4) is 0 Å². The second kappa shape index (κ2) is 21.7. The summed E-state index contributed by atoms with van der Waals surface area (Å²) in [5, 5.41) is 16.5. The molecule has 0 aliphatic heterocycles. The van der Waals surface area contributed by atoms with Crippen molar-refractivity contribution in [2.24, 2.45) is 5.41 Å². The maximum atomic E-state index is 12.8. The van der Waals surface area contributed by atoms with E-state index in [-0.39, 0.29) is 11.8 Å². The third kappa shape index (κ3) is 15.0. The molecule has 1 amide bonds. The molecule has 0 bridgehead atoms. The number of amides is 1. The average Bonchev–Trinajstić information content (AvgIpc) is 3.64. The first kappa shape index (κ1) is 44.4. The van der Waals surface area contributed by atoms with Gasteiger partial charge in [-0.05, 0) is 78.6 Å². The van der Waals surface area contributed by atoms with E-state index in [0.29, 0.717) is 29.3 Å². The van der Waals surface area contributed by atoms with Crippen LogP contribution < -0.4 is 10.1 Å². The first-order chi connectivity index (χ1) is 25.1. The number of nitrogens with zero attached hydrogens (tertiary/aromatic N) is 2. The molecule has 0 aliphatic rings. The molecule has 53 heavy (non-hydrogen) atoms. The number of ether oxygens (including phenoxy) is 1. The van der Waals surface area contributed by atoms with Gasteiger partial charge in [-0.3, -0.25) is 4.79 Å². The Bertz CT molecular complexity index is 1690. The Balaban J connectivity index is 0.000000860. The van der Waals surface area contributed by atoms with Gasteiger partial charge in [-0.2, -0.15) is 4.98 Å². The minimum absolute atomic E-state index is 0.0401. The second-order valence-corrected chi connectivity index (χ2v) is 15.0. The maximum Gasteiger partial charge on any atom is 0.326 e. The van der Waals surface area contributed by atoms with E-state index in [1.165, 1.54) is 31.3 Å². The lowest BCUT2D eigenvalue weighted by molar-refractivity contribution is -0.139. The van der Waals surface area contributed by atoms with E-state index in [1.807, 2.05) is 62.4 Å². The topological polar surface area (TPSA) is 115 Å². The van der Waals surface area contributed by atoms with Crippen LogP contribution in [0.5, 0.6) is 5.75 Å². The van der Waals surface area contributed by atoms with Crippen molar-refractivity contribution in [3.8, 4) is 28.6 Å². The maximum absolute atomic E-state index is 12.8. The molecule has 1 atom stereocenters. The third-order valence-electron chi connectivity index (χ3n) is 8.93. The highest BCUT2D eigenvalue weighted by atomic mass is 16.5. The predicted molar refractivity (Wildman–Crippen MR) is 217 cm³/mol. The van der Waals surface area contributed by atoms with E-state index in [4.69, 9.17) is 9.26 Å². The van der Waals surface area contributed by atoms with E-state index in [1.54, 1.807) is 24.3 Å². The van der Waals surface area contributed by atoms with Crippen molar-refractivity contribution in [1.82, 2.24) is 15.5 Å². The number of benzene rings is 3. The molecule has 1 heterocycles. The lowest BCUT2D eigenvalue weighted by Gasteiger charge is -2.19. The molecule has 0 radical (unpaired) electrons. The lowest BCUT2D eigenvalue weighted by Crippen LogP contribution is -2.42. The van der Waals surface area contributed by atoms with Crippen molar-refractivity contribution in [3.05, 3.63) is 101 Å². The minimum atomic E-state index is -1.10. The standard InChI is InChI=1S/C35H41N3O5.C8H16.C2H6/c1-5-6-7-8-9-22-42-29-20-16-27(17-21-29)33-37-31(38-43-33)25-12-10-24(11-13-25)23-30(34(40)41)36-32(39)26-14-18-28(19-15-26)35(2,3)4;1-6-7(2)8(3,4)5;1-2/h10-21,30H,5-9,22-23H2,1-4H3,(H,36,39)(H,40,41);6H,1-5H3;1-2H3/b;7-6+;. The van der Waals surface area contributed by atoms with Crippen LogP contribution in [0.25, 0.3) is 22.8 Å². The summed E-state index contributed by atoms with van der Waals surface area (Å²) in [7, 11) is 0. The largest absolute Gasteiger partial charge is 0.494 e. The minimum Gasteiger partial charge on any atom is -0.494 e. The molecular formula is C45H63N3O5. The van der Waals surface area contributed by atoms with Gasteiger partial charge in [0, 0.05) is 23.1 Å². The van der Waals surface area contributed by atoms with Crippen LogP contribution >= 0.6 is 0 Å². The predicted octanol–water partition coefficient (Wildman–Crippen LogP) is 11.5. The number of allylic oxidation sites excluding steroid dienone is 2. The fraction of sp³-hybridized carbons (Fsp3) is 0.467. The molecule has 288 valence electrons. The summed E-state index contributed by atoms with van der Waals surface area (Å²) >= 11 is 0. The van der Waals surface area contributed by atoms with Crippen LogP contribution in [0, 0.1) is 5.41 Å². The van der Waals surface area contributed by atoms with E-state index < -0.39 is 17.9 Å². The normalized spacial score (nSPS) is 12.1. The number of carboxylic acid groups (broad SMARTS) is 1. The fourth-order valence-corrected chi connectivity index (χ4v) is 5.07. The van der Waals surface area contributed by atoms with Crippen molar-refractivity contribution in [3.63, 3.8) is 0 Å². The quantitative estimate of drug-likeness (QED) is 0.0982. The van der Waals surface area contributed by atoms with Gasteiger partial charge in [-0.1, -0.05) is 141 Å². The third-order valence-corrected chi connectivity index (χ3v) is 8.93. The summed E-state index contributed by atoms with van der Waals surface area (Å²) in [4.78, 5) is 29.2. The monoisotopic (exact) mass is 725 g/mol. The van der Waals surface area contributed by atoms with Crippen LogP contribution in [0.2, 0.25) is 0 Å². The van der Waals surface area contributed by atoms with Gasteiger partial charge in [0.1, 0.15) is 11.8 Å². The van der Waals surface area contributed by atoms with Crippen LogP contribution in [0.15, 0.2) is 89.0 Å². The number of rotatable bonds is 14. The summed E-state index contributed by atoms with van der Waals surface area (Å²) in [6, 6.07) is 21.0. The highest BCUT2D eigenvalue weighted by Crippen LogP contribution is 2.26. The molecule has 8 heteroatoms. The molecule has 0 fully saturated rings. The Morgan fingerprint density at radius 2 is 1.43 bits per heavy atom. The molecule has 1 aromatic heterocycles. The second-order valence-electron chi connectivity index (χ2n) is 15.0. The van der Waals surface area contributed by atoms with E-state index in [0.717, 1.165) is 34.4 Å². The molecule has 3 aromatic carbocycles. The summed E-state index contributed by atoms with van der Waals surface area (Å²) in [6.07, 6.45) is 8.27. The number of nitrogens with one attached hydrogen (secondary N) is 1. The highest BCUT2D eigenvalue weighted by molar-refractivity contribution is 5.96. The smallest absolute Gasteiger partial charge is 0.326 e. The molecule has 0 saturated heterocycles. The van der Waals surface area contributed by atoms with Gasteiger partial charge in [-0.25, -0.2) is 4.79 Å². The van der Waals surface area contributed by atoms with Gasteiger partial charge >= 0.3 is 5.97 Å². The number of unbranched alkanes of at least 4 members (excludes halogenated alkanes) is 4. The number of carbonyl (C=O) groups is 2. The Morgan fingerprint density at radius 3 is 1.94 bits per heavy atom. The number of hydrogen-bond donors (Lipinski definition) is 2. The Hall–Kier alpha value is -4.72. The van der Waals surface area contributed by atoms with Crippen LogP contribution in [-0.4, -0.2) is 39.8 Å². The zero-order valence-electron chi connectivity index (χ0n) is 34.0. The number of aliphatic carboxylic acids is 1. The SMILES string of the molecule is C/C=C(\C)C(C)(C)C.CC.CCCCCCCOc1ccc(-c2nc(-c3ccc(CC(NC(=O)c4ccc(C(C)(C)C)cc4)C(=O)O)cc3)no2)cc1. The molecular weight excluding hydrogens is 663 g/mol. The van der Waals surface area contributed by atoms with Gasteiger partial charge < -0.3 is 19.7 Å².